The first-order chi connectivity index (χ1) is 27.9. The van der Waals surface area contributed by atoms with E-state index in [1.807, 2.05) is 4.90 Å². The van der Waals surface area contributed by atoms with Crippen LogP contribution in [0.15, 0.2) is 42.6 Å². The van der Waals surface area contributed by atoms with Crippen LogP contribution in [0, 0.1) is 0 Å². The van der Waals surface area contributed by atoms with Crippen LogP contribution in [-0.2, 0) is 19.2 Å². The monoisotopic (exact) mass is 835 g/mol. The number of imide groups is 2. The summed E-state index contributed by atoms with van der Waals surface area (Å²) < 4.78 is 5.76. The predicted molar refractivity (Wildman–Crippen MR) is 206 cm³/mol. The molecule has 18 nitrogen and oxygen atoms in total. The molecule has 7 rings (SSSR count). The minimum Gasteiger partial charge on any atom is -0.483 e. The molecule has 3 saturated heterocycles. The Hall–Kier alpha value is -5.85. The van der Waals surface area contributed by atoms with Crippen LogP contribution < -0.4 is 26.0 Å². The normalized spacial score (nSPS) is 19.1. The van der Waals surface area contributed by atoms with Crippen molar-refractivity contribution in [1.29, 1.82) is 0 Å². The maximum absolute atomic E-state index is 13.3. The van der Waals surface area contributed by atoms with Gasteiger partial charge in [-0.05, 0) is 56.4 Å². The number of benzene rings is 2. The van der Waals surface area contributed by atoms with E-state index in [2.05, 4.69) is 31.5 Å². The third-order valence-corrected chi connectivity index (χ3v) is 11.2. The number of H-pyrrole nitrogens is 1. The van der Waals surface area contributed by atoms with E-state index in [4.69, 9.17) is 27.9 Å². The number of carbonyl (C=O) groups excluding carboxylic acids is 8. The van der Waals surface area contributed by atoms with Crippen LogP contribution in [0.5, 0.6) is 5.75 Å². The van der Waals surface area contributed by atoms with Gasteiger partial charge in [-0.25, -0.2) is 0 Å². The molecule has 2 aromatic carbocycles. The average Bonchev–Trinajstić information content (AvgIpc) is 3.76. The van der Waals surface area contributed by atoms with Gasteiger partial charge in [0.05, 0.1) is 45.2 Å². The molecule has 304 valence electrons. The van der Waals surface area contributed by atoms with E-state index >= 15 is 0 Å². The Balaban J connectivity index is 0.816. The summed E-state index contributed by atoms with van der Waals surface area (Å²) in [6.45, 7) is 1.69. The second kappa shape index (κ2) is 17.3. The largest absolute Gasteiger partial charge is 0.483 e. The van der Waals surface area contributed by atoms with Crippen molar-refractivity contribution >= 4 is 76.1 Å². The summed E-state index contributed by atoms with van der Waals surface area (Å²) in [5.74, 6) is -4.05. The van der Waals surface area contributed by atoms with Crippen molar-refractivity contribution in [1.82, 2.24) is 40.8 Å². The molecular formula is C38H39Cl2N9O9. The Morgan fingerprint density at radius 2 is 1.50 bits per heavy atom. The van der Waals surface area contributed by atoms with E-state index in [1.54, 1.807) is 11.0 Å². The van der Waals surface area contributed by atoms with Gasteiger partial charge in [0.1, 0.15) is 17.5 Å². The van der Waals surface area contributed by atoms with E-state index in [0.717, 1.165) is 4.90 Å². The highest BCUT2D eigenvalue weighted by atomic mass is 35.5. The number of aromatic nitrogens is 2. The number of rotatable bonds is 11. The number of hydrogen-bond acceptors (Lipinski definition) is 11. The van der Waals surface area contributed by atoms with Crippen LogP contribution in [0.1, 0.15) is 80.1 Å². The number of ether oxygens (including phenoxy) is 1. The summed E-state index contributed by atoms with van der Waals surface area (Å²) in [6, 6.07) is 7.72. The van der Waals surface area contributed by atoms with Crippen molar-refractivity contribution in [2.75, 3.05) is 44.6 Å². The van der Waals surface area contributed by atoms with Gasteiger partial charge in [-0.2, -0.15) is 5.10 Å². The Kier molecular flexibility index (Phi) is 12.1. The third kappa shape index (κ3) is 8.68. The zero-order valence-corrected chi connectivity index (χ0v) is 32.5. The molecule has 4 aliphatic rings. The summed E-state index contributed by atoms with van der Waals surface area (Å²) in [5, 5.41) is 17.7. The first-order valence-corrected chi connectivity index (χ1v) is 19.5. The lowest BCUT2D eigenvalue weighted by Gasteiger charge is -2.34. The van der Waals surface area contributed by atoms with Crippen LogP contribution in [-0.4, -0.2) is 130 Å². The Bertz CT molecular complexity index is 2160. The van der Waals surface area contributed by atoms with Crippen LogP contribution in [0.3, 0.4) is 0 Å². The average molecular weight is 837 g/mol. The number of nitrogens with one attached hydrogen (secondary N) is 5. The highest BCUT2D eigenvalue weighted by molar-refractivity contribution is 6.40. The number of hydrogen-bond donors (Lipinski definition) is 5. The van der Waals surface area contributed by atoms with Gasteiger partial charge in [0, 0.05) is 44.7 Å². The van der Waals surface area contributed by atoms with E-state index in [-0.39, 0.29) is 93.8 Å². The first kappa shape index (κ1) is 40.4. The molecule has 0 aliphatic carbocycles. The third-order valence-electron chi connectivity index (χ3n) is 10.6. The highest BCUT2D eigenvalue weighted by Gasteiger charge is 2.46. The van der Waals surface area contributed by atoms with Crippen molar-refractivity contribution in [2.45, 2.75) is 56.7 Å². The van der Waals surface area contributed by atoms with Gasteiger partial charge in [0.25, 0.3) is 29.5 Å². The number of halogens is 2. The van der Waals surface area contributed by atoms with E-state index in [0.29, 0.717) is 51.9 Å². The van der Waals surface area contributed by atoms with Crippen LogP contribution in [0.2, 0.25) is 10.0 Å². The summed E-state index contributed by atoms with van der Waals surface area (Å²) in [7, 11) is 0. The Morgan fingerprint density at radius 1 is 0.828 bits per heavy atom. The molecule has 0 saturated carbocycles. The van der Waals surface area contributed by atoms with Gasteiger partial charge < -0.3 is 25.6 Å². The molecule has 0 bridgehead atoms. The molecule has 8 amide bonds. The predicted octanol–water partition coefficient (Wildman–Crippen LogP) is 1.75. The fraction of sp³-hybridized carbons (Fsp3) is 0.395. The minimum atomic E-state index is -1.12. The molecule has 1 atom stereocenters. The van der Waals surface area contributed by atoms with Crippen molar-refractivity contribution in [3.8, 4) is 5.75 Å². The van der Waals surface area contributed by atoms with Crippen LogP contribution in [0.25, 0.3) is 0 Å². The fourth-order valence-electron chi connectivity index (χ4n) is 7.53. The van der Waals surface area contributed by atoms with Crippen LogP contribution >= 0.6 is 23.2 Å². The standard InChI is InChI=1S/C38H39Cl2N9O9/c39-23-4-2-5-24(40)32(23)35(54)44-25-17-41-46-33(25)36(55)43-21-9-13-47(14-10-21)18-29(51)42-20-11-15-48(16-12-20)30(52)19-58-27-6-1-3-22-31(27)38(57)49(37(22)56)26-7-8-28(50)45-34(26)53/h1-6,17,20-21,26H,7-16,18-19H2,(H,41,46)(H,42,51)(H,43,55)(H,44,54)(H,45,50,53). The Morgan fingerprint density at radius 3 is 2.21 bits per heavy atom. The summed E-state index contributed by atoms with van der Waals surface area (Å²) >= 11 is 12.3. The number of amides is 8. The molecular weight excluding hydrogens is 797 g/mol. The van der Waals surface area contributed by atoms with E-state index in [9.17, 15) is 38.4 Å². The number of anilines is 1. The van der Waals surface area contributed by atoms with E-state index < -0.39 is 41.5 Å². The Labute approximate surface area is 341 Å². The number of carbonyl (C=O) groups is 8. The van der Waals surface area contributed by atoms with Crippen LogP contribution in [0.4, 0.5) is 5.69 Å². The van der Waals surface area contributed by atoms with E-state index in [1.165, 1.54) is 36.5 Å². The minimum absolute atomic E-state index is 0.00517. The molecule has 5 heterocycles. The van der Waals surface area contributed by atoms with Crippen molar-refractivity contribution < 1.29 is 43.1 Å². The molecule has 4 aliphatic heterocycles. The molecule has 0 radical (unpaired) electrons. The lowest BCUT2D eigenvalue weighted by atomic mass is 10.0. The lowest BCUT2D eigenvalue weighted by Crippen LogP contribution is -2.54. The van der Waals surface area contributed by atoms with Crippen molar-refractivity contribution in [3.63, 3.8) is 0 Å². The molecule has 5 N–H and O–H groups in total. The number of fused-ring (bicyclic) bond motifs is 1. The molecule has 3 aromatic rings. The number of aromatic amines is 1. The molecule has 0 spiro atoms. The fourth-order valence-corrected chi connectivity index (χ4v) is 8.10. The molecule has 20 heteroatoms. The van der Waals surface area contributed by atoms with Gasteiger partial charge in [0.2, 0.25) is 17.7 Å². The molecule has 1 aromatic heterocycles. The summed E-state index contributed by atoms with van der Waals surface area (Å²) in [5.41, 5.74) is 0.343. The molecule has 3 fully saturated rings. The first-order valence-electron chi connectivity index (χ1n) is 18.7. The second-order valence-corrected chi connectivity index (χ2v) is 15.2. The zero-order valence-electron chi connectivity index (χ0n) is 31.0. The maximum Gasteiger partial charge on any atom is 0.271 e. The molecule has 58 heavy (non-hydrogen) atoms. The lowest BCUT2D eigenvalue weighted by molar-refractivity contribution is -0.136. The van der Waals surface area contributed by atoms with Crippen molar-refractivity contribution in [2.24, 2.45) is 0 Å². The van der Waals surface area contributed by atoms with Gasteiger partial charge >= 0.3 is 0 Å². The zero-order chi connectivity index (χ0) is 41.1. The smallest absolute Gasteiger partial charge is 0.271 e. The number of likely N-dealkylation sites (tertiary alicyclic amines) is 2. The van der Waals surface area contributed by atoms with Gasteiger partial charge in [-0.1, -0.05) is 35.3 Å². The van der Waals surface area contributed by atoms with Gasteiger partial charge in [-0.15, -0.1) is 0 Å². The quantitative estimate of drug-likeness (QED) is 0.175. The summed E-state index contributed by atoms with van der Waals surface area (Å²) in [4.78, 5) is 107. The van der Waals surface area contributed by atoms with Crippen molar-refractivity contribution in [3.05, 3.63) is 75.0 Å². The topological polar surface area (TPSA) is 232 Å². The van der Waals surface area contributed by atoms with Gasteiger partial charge in [0.15, 0.2) is 6.61 Å². The SMILES string of the molecule is O=C1CCC(N2C(=O)c3cccc(OCC(=O)N4CCC(NC(=O)CN5CCC(NC(=O)c6[nH]ncc6NC(=O)c6c(Cl)cccc6Cl)CC5)CC4)c3C2=O)C(=O)N1. The van der Waals surface area contributed by atoms with Gasteiger partial charge in [-0.3, -0.25) is 58.6 Å². The maximum atomic E-state index is 13.3. The molecule has 1 unspecified atom stereocenters. The second-order valence-electron chi connectivity index (χ2n) is 14.4. The number of nitrogens with zero attached hydrogens (tertiary/aromatic N) is 4. The number of piperidine rings is 3. The highest BCUT2D eigenvalue weighted by Crippen LogP contribution is 2.34. The summed E-state index contributed by atoms with van der Waals surface area (Å²) in [6.07, 6.45) is 3.59.